The van der Waals surface area contributed by atoms with Gasteiger partial charge in [0.15, 0.2) is 0 Å². The summed E-state index contributed by atoms with van der Waals surface area (Å²) in [6.45, 7) is 0.981. The molecular weight excluding hydrogens is 336 g/mol. The van der Waals surface area contributed by atoms with Crippen molar-refractivity contribution in [2.75, 3.05) is 18.5 Å². The van der Waals surface area contributed by atoms with Gasteiger partial charge in [-0.25, -0.2) is 0 Å². The molecule has 4 heteroatoms. The zero-order valence-corrected chi connectivity index (χ0v) is 16.0. The van der Waals surface area contributed by atoms with Gasteiger partial charge in [-0.15, -0.1) is 0 Å². The van der Waals surface area contributed by atoms with Crippen LogP contribution in [0, 0.1) is 0 Å². The molecule has 0 radical (unpaired) electrons. The van der Waals surface area contributed by atoms with Crippen LogP contribution in [0.2, 0.25) is 0 Å². The van der Waals surface area contributed by atoms with Crippen molar-refractivity contribution in [2.45, 2.75) is 51.0 Å². The summed E-state index contributed by atoms with van der Waals surface area (Å²) in [7, 11) is 0. The maximum Gasteiger partial charge on any atom is 0.239 e. The molecule has 0 aliphatic heterocycles. The van der Waals surface area contributed by atoms with Gasteiger partial charge in [-0.3, -0.25) is 4.79 Å². The molecule has 0 spiro atoms. The van der Waals surface area contributed by atoms with Gasteiger partial charge in [-0.2, -0.15) is 0 Å². The molecular formula is C23H30N2O2. The van der Waals surface area contributed by atoms with E-state index in [0.717, 1.165) is 37.1 Å². The van der Waals surface area contributed by atoms with E-state index in [4.69, 9.17) is 4.74 Å². The van der Waals surface area contributed by atoms with Crippen LogP contribution in [0.5, 0.6) is 5.75 Å². The minimum absolute atomic E-state index is 0.0658. The van der Waals surface area contributed by atoms with Gasteiger partial charge in [-0.05, 0) is 43.4 Å². The van der Waals surface area contributed by atoms with E-state index in [-0.39, 0.29) is 5.91 Å². The fraction of sp³-hybridized carbons (Fsp3) is 0.435. The van der Waals surface area contributed by atoms with Crippen LogP contribution in [0.15, 0.2) is 54.6 Å². The van der Waals surface area contributed by atoms with Gasteiger partial charge < -0.3 is 15.4 Å². The third kappa shape index (κ3) is 6.97. The van der Waals surface area contributed by atoms with Crippen LogP contribution in [-0.4, -0.2) is 25.1 Å². The van der Waals surface area contributed by atoms with Gasteiger partial charge in [0, 0.05) is 17.8 Å². The molecule has 0 saturated heterocycles. The van der Waals surface area contributed by atoms with Crippen molar-refractivity contribution >= 4 is 11.6 Å². The molecule has 0 atom stereocenters. The highest BCUT2D eigenvalue weighted by Gasteiger charge is 2.15. The zero-order valence-electron chi connectivity index (χ0n) is 16.0. The summed E-state index contributed by atoms with van der Waals surface area (Å²) >= 11 is 0. The van der Waals surface area contributed by atoms with Crippen LogP contribution >= 0.6 is 0 Å². The molecule has 144 valence electrons. The molecule has 0 heterocycles. The molecule has 1 aliphatic rings. The smallest absolute Gasteiger partial charge is 0.239 e. The van der Waals surface area contributed by atoms with E-state index < -0.39 is 0 Å². The summed E-state index contributed by atoms with van der Waals surface area (Å²) in [6.07, 6.45) is 7.95. The van der Waals surface area contributed by atoms with Crippen LogP contribution < -0.4 is 15.4 Å². The van der Waals surface area contributed by atoms with Crippen LogP contribution in [-0.2, 0) is 11.2 Å². The van der Waals surface area contributed by atoms with Crippen molar-refractivity contribution in [3.63, 3.8) is 0 Å². The number of carbonyl (C=O) groups excluding carboxylic acids is 1. The molecule has 1 amide bonds. The molecule has 0 bridgehead atoms. The number of hydrogen-bond donors (Lipinski definition) is 2. The summed E-state index contributed by atoms with van der Waals surface area (Å²) in [5.41, 5.74) is 2.25. The lowest BCUT2D eigenvalue weighted by atomic mass is 9.95. The first-order chi connectivity index (χ1) is 13.3. The number of nitrogens with one attached hydrogen (secondary N) is 2. The standard InChI is InChI=1S/C23H30N2O2/c26-23(25-20-12-5-2-6-13-20)18-24-21-14-7-15-22(17-21)27-16-8-11-19-9-3-1-4-10-19/h1,3-4,7,9-10,14-15,17,20,24H,2,5-6,8,11-13,16,18H2,(H,25,26). The van der Waals surface area contributed by atoms with Crippen molar-refractivity contribution in [1.82, 2.24) is 5.32 Å². The second-order valence-corrected chi connectivity index (χ2v) is 7.22. The third-order valence-electron chi connectivity index (χ3n) is 4.98. The number of rotatable bonds is 9. The SMILES string of the molecule is O=C(CNc1cccc(OCCCc2ccccc2)c1)NC1CCCCC1. The van der Waals surface area contributed by atoms with Crippen LogP contribution in [0.3, 0.4) is 0 Å². The predicted molar refractivity (Wildman–Crippen MR) is 110 cm³/mol. The van der Waals surface area contributed by atoms with E-state index in [9.17, 15) is 4.79 Å². The lowest BCUT2D eigenvalue weighted by Gasteiger charge is -2.22. The maximum atomic E-state index is 12.1. The Morgan fingerprint density at radius 2 is 1.81 bits per heavy atom. The summed E-state index contributed by atoms with van der Waals surface area (Å²) in [5.74, 6) is 0.900. The van der Waals surface area contributed by atoms with Crippen molar-refractivity contribution in [3.8, 4) is 5.75 Å². The van der Waals surface area contributed by atoms with E-state index in [0.29, 0.717) is 19.2 Å². The number of hydrogen-bond acceptors (Lipinski definition) is 3. The molecule has 27 heavy (non-hydrogen) atoms. The van der Waals surface area contributed by atoms with E-state index in [1.165, 1.54) is 24.8 Å². The number of anilines is 1. The van der Waals surface area contributed by atoms with Crippen molar-refractivity contribution in [3.05, 3.63) is 60.2 Å². The number of amides is 1. The number of aryl methyl sites for hydroxylation is 1. The average Bonchev–Trinajstić information content (AvgIpc) is 2.72. The summed E-state index contributed by atoms with van der Waals surface area (Å²) < 4.78 is 5.86. The number of ether oxygens (including phenoxy) is 1. The maximum absolute atomic E-state index is 12.1. The largest absolute Gasteiger partial charge is 0.494 e. The fourth-order valence-electron chi connectivity index (χ4n) is 3.51. The molecule has 0 aromatic heterocycles. The molecule has 1 aliphatic carbocycles. The topological polar surface area (TPSA) is 50.4 Å². The monoisotopic (exact) mass is 366 g/mol. The second-order valence-electron chi connectivity index (χ2n) is 7.22. The predicted octanol–water partition coefficient (Wildman–Crippen LogP) is 4.56. The van der Waals surface area contributed by atoms with Gasteiger partial charge in [0.05, 0.1) is 13.2 Å². The van der Waals surface area contributed by atoms with E-state index in [1.54, 1.807) is 0 Å². The minimum Gasteiger partial charge on any atom is -0.494 e. The first-order valence-electron chi connectivity index (χ1n) is 10.1. The molecule has 1 fully saturated rings. The summed E-state index contributed by atoms with van der Waals surface area (Å²) in [5, 5.41) is 6.33. The summed E-state index contributed by atoms with van der Waals surface area (Å²) in [4.78, 5) is 12.1. The van der Waals surface area contributed by atoms with E-state index in [2.05, 4.69) is 34.9 Å². The molecule has 2 N–H and O–H groups in total. The highest BCUT2D eigenvalue weighted by atomic mass is 16.5. The lowest BCUT2D eigenvalue weighted by Crippen LogP contribution is -2.39. The second kappa shape index (κ2) is 10.6. The van der Waals surface area contributed by atoms with Gasteiger partial charge in [-0.1, -0.05) is 55.7 Å². The molecule has 4 nitrogen and oxygen atoms in total. The van der Waals surface area contributed by atoms with E-state index in [1.807, 2.05) is 30.3 Å². The first-order valence-corrected chi connectivity index (χ1v) is 10.1. The molecule has 2 aromatic rings. The van der Waals surface area contributed by atoms with Crippen molar-refractivity contribution in [1.29, 1.82) is 0 Å². The fourth-order valence-corrected chi connectivity index (χ4v) is 3.51. The van der Waals surface area contributed by atoms with Gasteiger partial charge in [0.25, 0.3) is 0 Å². The van der Waals surface area contributed by atoms with Gasteiger partial charge in [0.1, 0.15) is 5.75 Å². The van der Waals surface area contributed by atoms with Crippen LogP contribution in [0.4, 0.5) is 5.69 Å². The average molecular weight is 367 g/mol. The Balaban J connectivity index is 1.37. The first kappa shape index (κ1) is 19.3. The number of carbonyl (C=O) groups is 1. The Bertz CT molecular complexity index is 697. The highest BCUT2D eigenvalue weighted by molar-refractivity contribution is 5.81. The quantitative estimate of drug-likeness (QED) is 0.640. The summed E-state index contributed by atoms with van der Waals surface area (Å²) in [6, 6.07) is 18.6. The van der Waals surface area contributed by atoms with Crippen molar-refractivity contribution in [2.24, 2.45) is 0 Å². The van der Waals surface area contributed by atoms with Crippen LogP contribution in [0.1, 0.15) is 44.1 Å². The van der Waals surface area contributed by atoms with Crippen LogP contribution in [0.25, 0.3) is 0 Å². The molecule has 3 rings (SSSR count). The molecule has 1 saturated carbocycles. The Kier molecular flexibility index (Phi) is 7.57. The Hall–Kier alpha value is -2.49. The normalized spacial score (nSPS) is 14.5. The Morgan fingerprint density at radius 3 is 2.63 bits per heavy atom. The Morgan fingerprint density at radius 1 is 1.00 bits per heavy atom. The molecule has 2 aromatic carbocycles. The minimum atomic E-state index is 0.0658. The third-order valence-corrected chi connectivity index (χ3v) is 4.98. The Labute approximate surface area is 162 Å². The highest BCUT2D eigenvalue weighted by Crippen LogP contribution is 2.19. The van der Waals surface area contributed by atoms with Gasteiger partial charge in [0.2, 0.25) is 5.91 Å². The number of benzene rings is 2. The molecule has 0 unspecified atom stereocenters. The van der Waals surface area contributed by atoms with E-state index >= 15 is 0 Å². The van der Waals surface area contributed by atoms with Crippen molar-refractivity contribution < 1.29 is 9.53 Å². The zero-order chi connectivity index (χ0) is 18.7. The van der Waals surface area contributed by atoms with Gasteiger partial charge >= 0.3 is 0 Å². The lowest BCUT2D eigenvalue weighted by molar-refractivity contribution is -0.120.